The summed E-state index contributed by atoms with van der Waals surface area (Å²) in [6.07, 6.45) is 0. The maximum Gasteiger partial charge on any atom is 0.244 e. The van der Waals surface area contributed by atoms with Gasteiger partial charge in [0.05, 0.1) is 23.8 Å². The van der Waals surface area contributed by atoms with Crippen LogP contribution in [0.4, 0.5) is 0 Å². The second-order valence-electron chi connectivity index (χ2n) is 6.08. The Kier molecular flexibility index (Phi) is 4.27. The molecule has 6 heteroatoms. The second-order valence-corrected chi connectivity index (χ2v) is 6.08. The highest BCUT2D eigenvalue weighted by Gasteiger charge is 2.36. The van der Waals surface area contributed by atoms with Gasteiger partial charge in [0.15, 0.2) is 0 Å². The first kappa shape index (κ1) is 16.7. The lowest BCUT2D eigenvalue weighted by Gasteiger charge is -2.25. The minimum atomic E-state index is -0.435. The number of nitrogens with zero attached hydrogens (tertiary/aromatic N) is 2. The number of nitrogens with one attached hydrogen (secondary N) is 1. The number of ether oxygens (including phenoxy) is 2. The first-order valence-electron chi connectivity index (χ1n) is 8.67. The summed E-state index contributed by atoms with van der Waals surface area (Å²) in [4.78, 5) is 0. The number of hydrogen-bond donors (Lipinski definition) is 2. The number of H-pyrrole nitrogens is 1. The second kappa shape index (κ2) is 6.89. The summed E-state index contributed by atoms with van der Waals surface area (Å²) in [6, 6.07) is 19.7. The Morgan fingerprint density at radius 1 is 1.19 bits per heavy atom. The van der Waals surface area contributed by atoms with Crippen LogP contribution in [-0.4, -0.2) is 16.8 Å². The zero-order valence-electron chi connectivity index (χ0n) is 14.8. The minimum Gasteiger partial charge on any atom is -0.494 e. The van der Waals surface area contributed by atoms with Crippen LogP contribution in [0.2, 0.25) is 0 Å². The zero-order valence-corrected chi connectivity index (χ0v) is 14.8. The van der Waals surface area contributed by atoms with Crippen molar-refractivity contribution < 1.29 is 9.47 Å². The molecule has 0 saturated heterocycles. The van der Waals surface area contributed by atoms with Gasteiger partial charge in [-0.15, -0.1) is 5.10 Å². The molecule has 3 N–H and O–H groups in total. The Balaban J connectivity index is 1.97. The maximum absolute atomic E-state index is 9.80. The third-order valence-corrected chi connectivity index (χ3v) is 4.53. The van der Waals surface area contributed by atoms with E-state index in [1.807, 2.05) is 61.5 Å². The number of hydrogen-bond acceptors (Lipinski definition) is 5. The van der Waals surface area contributed by atoms with Gasteiger partial charge >= 0.3 is 0 Å². The summed E-state index contributed by atoms with van der Waals surface area (Å²) in [5.74, 6) is 0.711. The van der Waals surface area contributed by atoms with E-state index >= 15 is 0 Å². The normalized spacial score (nSPS) is 15.6. The molecule has 4 rings (SSSR count). The quantitative estimate of drug-likeness (QED) is 0.741. The van der Waals surface area contributed by atoms with Crippen LogP contribution in [0, 0.1) is 11.3 Å². The van der Waals surface area contributed by atoms with E-state index in [9.17, 15) is 5.26 Å². The van der Waals surface area contributed by atoms with Gasteiger partial charge in [-0.3, -0.25) is 5.10 Å². The van der Waals surface area contributed by atoms with E-state index in [0.29, 0.717) is 23.8 Å². The molecule has 1 aliphatic heterocycles. The minimum absolute atomic E-state index is 0.0624. The van der Waals surface area contributed by atoms with E-state index in [2.05, 4.69) is 16.3 Å². The number of fused-ring (bicyclic) bond motifs is 1. The summed E-state index contributed by atoms with van der Waals surface area (Å²) in [6.45, 7) is 2.44. The largest absolute Gasteiger partial charge is 0.494 e. The van der Waals surface area contributed by atoms with Crippen LogP contribution in [0.15, 0.2) is 66.1 Å². The molecular formula is C21H18N4O2. The SMILES string of the molecule is CCOc1ccccc1C1C(C#N)=C(N)Oc2n[nH]c(-c3ccccc3)c21. The number of nitrogens with two attached hydrogens (primary N) is 1. The van der Waals surface area contributed by atoms with Gasteiger partial charge in [-0.25, -0.2) is 0 Å². The van der Waals surface area contributed by atoms with Gasteiger partial charge in [0.2, 0.25) is 11.8 Å². The fourth-order valence-corrected chi connectivity index (χ4v) is 3.39. The average Bonchev–Trinajstić information content (AvgIpc) is 3.12. The Bertz CT molecular complexity index is 1050. The summed E-state index contributed by atoms with van der Waals surface area (Å²) < 4.78 is 11.5. The number of nitriles is 1. The van der Waals surface area contributed by atoms with Gasteiger partial charge in [-0.2, -0.15) is 5.26 Å². The molecule has 0 saturated carbocycles. The van der Waals surface area contributed by atoms with Crippen molar-refractivity contribution in [2.24, 2.45) is 5.73 Å². The monoisotopic (exact) mass is 358 g/mol. The van der Waals surface area contributed by atoms with Crippen molar-refractivity contribution in [2.45, 2.75) is 12.8 Å². The summed E-state index contributed by atoms with van der Waals surface area (Å²) in [5.41, 5.74) is 9.76. The molecule has 1 unspecified atom stereocenters. The predicted octanol–water partition coefficient (Wildman–Crippen LogP) is 3.69. The average molecular weight is 358 g/mol. The molecule has 0 amide bonds. The molecule has 6 nitrogen and oxygen atoms in total. The van der Waals surface area contributed by atoms with Crippen LogP contribution in [0.1, 0.15) is 24.0 Å². The molecule has 134 valence electrons. The molecule has 0 bridgehead atoms. The van der Waals surface area contributed by atoms with Crippen LogP contribution in [0.3, 0.4) is 0 Å². The molecule has 3 aromatic rings. The van der Waals surface area contributed by atoms with E-state index in [1.54, 1.807) is 0 Å². The lowest BCUT2D eigenvalue weighted by molar-refractivity contribution is 0.334. The molecule has 27 heavy (non-hydrogen) atoms. The van der Waals surface area contributed by atoms with E-state index in [-0.39, 0.29) is 5.88 Å². The third kappa shape index (κ3) is 2.79. The first-order valence-corrected chi connectivity index (χ1v) is 8.67. The van der Waals surface area contributed by atoms with E-state index < -0.39 is 5.92 Å². The summed E-state index contributed by atoms with van der Waals surface area (Å²) in [5, 5.41) is 17.1. The van der Waals surface area contributed by atoms with Crippen molar-refractivity contribution in [1.82, 2.24) is 10.2 Å². The maximum atomic E-state index is 9.80. The number of aromatic amines is 1. The van der Waals surface area contributed by atoms with Crippen LogP contribution in [0.25, 0.3) is 11.3 Å². The van der Waals surface area contributed by atoms with Gasteiger partial charge < -0.3 is 15.2 Å². The van der Waals surface area contributed by atoms with Crippen molar-refractivity contribution in [2.75, 3.05) is 6.61 Å². The van der Waals surface area contributed by atoms with Gasteiger partial charge in [0, 0.05) is 5.56 Å². The fraction of sp³-hybridized carbons (Fsp3) is 0.143. The van der Waals surface area contributed by atoms with E-state index in [0.717, 1.165) is 22.4 Å². The first-order chi connectivity index (χ1) is 13.2. The highest BCUT2D eigenvalue weighted by molar-refractivity contribution is 5.71. The van der Waals surface area contributed by atoms with Crippen LogP contribution >= 0.6 is 0 Å². The number of aromatic nitrogens is 2. The van der Waals surface area contributed by atoms with Gasteiger partial charge in [0.25, 0.3) is 0 Å². The molecule has 0 spiro atoms. The number of para-hydroxylation sites is 1. The topological polar surface area (TPSA) is 96.9 Å². The van der Waals surface area contributed by atoms with Crippen molar-refractivity contribution in [3.8, 4) is 29.0 Å². The highest BCUT2D eigenvalue weighted by atomic mass is 16.5. The smallest absolute Gasteiger partial charge is 0.244 e. The van der Waals surface area contributed by atoms with Crippen molar-refractivity contribution >= 4 is 0 Å². The Labute approximate surface area is 156 Å². The van der Waals surface area contributed by atoms with Crippen molar-refractivity contribution in [3.63, 3.8) is 0 Å². The molecule has 2 aromatic carbocycles. The number of rotatable bonds is 4. The Morgan fingerprint density at radius 2 is 1.93 bits per heavy atom. The van der Waals surface area contributed by atoms with E-state index in [1.165, 1.54) is 0 Å². The molecule has 0 aliphatic carbocycles. The predicted molar refractivity (Wildman–Crippen MR) is 101 cm³/mol. The molecule has 0 radical (unpaired) electrons. The molecular weight excluding hydrogens is 340 g/mol. The summed E-state index contributed by atoms with van der Waals surface area (Å²) in [7, 11) is 0. The molecule has 1 atom stereocenters. The Hall–Kier alpha value is -3.72. The van der Waals surface area contributed by atoms with Crippen molar-refractivity contribution in [3.05, 3.63) is 77.2 Å². The van der Waals surface area contributed by atoms with Gasteiger partial charge in [-0.05, 0) is 18.6 Å². The molecule has 2 heterocycles. The van der Waals surface area contributed by atoms with E-state index in [4.69, 9.17) is 15.2 Å². The number of benzene rings is 2. The lowest BCUT2D eigenvalue weighted by Crippen LogP contribution is -2.21. The lowest BCUT2D eigenvalue weighted by atomic mass is 9.82. The third-order valence-electron chi connectivity index (χ3n) is 4.53. The molecule has 1 aromatic heterocycles. The van der Waals surface area contributed by atoms with Crippen molar-refractivity contribution in [1.29, 1.82) is 5.26 Å². The fourth-order valence-electron chi connectivity index (χ4n) is 3.39. The van der Waals surface area contributed by atoms with Crippen LogP contribution in [0.5, 0.6) is 11.6 Å². The summed E-state index contributed by atoms with van der Waals surface area (Å²) >= 11 is 0. The van der Waals surface area contributed by atoms with Gasteiger partial charge in [0.1, 0.15) is 17.4 Å². The molecule has 1 aliphatic rings. The zero-order chi connectivity index (χ0) is 18.8. The number of allylic oxidation sites excluding steroid dienone is 1. The van der Waals surface area contributed by atoms with Crippen LogP contribution < -0.4 is 15.2 Å². The Morgan fingerprint density at radius 3 is 2.67 bits per heavy atom. The van der Waals surface area contributed by atoms with Gasteiger partial charge in [-0.1, -0.05) is 48.5 Å². The van der Waals surface area contributed by atoms with Crippen LogP contribution in [-0.2, 0) is 0 Å². The molecule has 0 fully saturated rings. The highest BCUT2D eigenvalue weighted by Crippen LogP contribution is 2.47. The standard InChI is InChI=1S/C21H18N4O2/c1-2-26-16-11-7-6-10-14(16)17-15(12-22)20(23)27-21-18(17)19(24-25-21)13-8-4-3-5-9-13/h3-11,17H,2,23H2,1H3,(H,24,25).